The molecule has 1 nitrogen and oxygen atoms in total. The molecule has 0 aromatic heterocycles. The van der Waals surface area contributed by atoms with Gasteiger partial charge < -0.3 is 4.90 Å². The Kier molecular flexibility index (Phi) is 3.79. The average Bonchev–Trinajstić information content (AvgIpc) is 2.66. The van der Waals surface area contributed by atoms with Crippen LogP contribution in [0.3, 0.4) is 0 Å². The SMILES string of the molecule is CN1CCC[C@H]1CCCc1ccccc1. The first-order chi connectivity index (χ1) is 7.36. The van der Waals surface area contributed by atoms with Crippen molar-refractivity contribution < 1.29 is 0 Å². The van der Waals surface area contributed by atoms with Crippen LogP contribution in [-0.4, -0.2) is 24.5 Å². The maximum atomic E-state index is 2.52. The molecule has 1 atom stereocenters. The molecule has 0 saturated carbocycles. The van der Waals surface area contributed by atoms with Crippen LogP contribution in [0.4, 0.5) is 0 Å². The van der Waals surface area contributed by atoms with Gasteiger partial charge in [-0.3, -0.25) is 0 Å². The molecular formula is C14H21N. The molecule has 1 aliphatic rings. The fourth-order valence-electron chi connectivity index (χ4n) is 2.53. The molecule has 82 valence electrons. The summed E-state index contributed by atoms with van der Waals surface area (Å²) >= 11 is 0. The lowest BCUT2D eigenvalue weighted by Gasteiger charge is -2.18. The normalized spacial score (nSPS) is 22.1. The van der Waals surface area contributed by atoms with Gasteiger partial charge in [0, 0.05) is 6.04 Å². The van der Waals surface area contributed by atoms with Crippen molar-refractivity contribution in [3.63, 3.8) is 0 Å². The van der Waals surface area contributed by atoms with Crippen molar-refractivity contribution in [3.8, 4) is 0 Å². The van der Waals surface area contributed by atoms with Gasteiger partial charge in [0.25, 0.3) is 0 Å². The zero-order valence-corrected chi connectivity index (χ0v) is 9.65. The number of hydrogen-bond acceptors (Lipinski definition) is 1. The van der Waals surface area contributed by atoms with Gasteiger partial charge in [-0.1, -0.05) is 30.3 Å². The molecule has 0 unspecified atom stereocenters. The van der Waals surface area contributed by atoms with Crippen molar-refractivity contribution in [2.45, 2.75) is 38.1 Å². The topological polar surface area (TPSA) is 3.24 Å². The predicted molar refractivity (Wildman–Crippen MR) is 65.0 cm³/mol. The number of rotatable bonds is 4. The van der Waals surface area contributed by atoms with Gasteiger partial charge in [-0.2, -0.15) is 0 Å². The minimum atomic E-state index is 0.855. The second-order valence-corrected chi connectivity index (χ2v) is 4.65. The Balaban J connectivity index is 1.71. The van der Waals surface area contributed by atoms with E-state index in [0.717, 1.165) is 6.04 Å². The molecule has 1 fully saturated rings. The molecule has 1 heteroatoms. The van der Waals surface area contributed by atoms with Crippen LogP contribution in [0.5, 0.6) is 0 Å². The summed E-state index contributed by atoms with van der Waals surface area (Å²) in [5.41, 5.74) is 1.48. The lowest BCUT2D eigenvalue weighted by Crippen LogP contribution is -2.24. The lowest BCUT2D eigenvalue weighted by molar-refractivity contribution is 0.292. The smallest absolute Gasteiger partial charge is 0.00927 e. The Morgan fingerprint density at radius 1 is 1.27 bits per heavy atom. The van der Waals surface area contributed by atoms with E-state index in [-0.39, 0.29) is 0 Å². The second kappa shape index (κ2) is 5.32. The number of aryl methyl sites for hydroxylation is 1. The Morgan fingerprint density at radius 3 is 2.73 bits per heavy atom. The van der Waals surface area contributed by atoms with E-state index in [2.05, 4.69) is 42.3 Å². The highest BCUT2D eigenvalue weighted by atomic mass is 15.1. The van der Waals surface area contributed by atoms with Crippen molar-refractivity contribution in [2.24, 2.45) is 0 Å². The first-order valence-corrected chi connectivity index (χ1v) is 6.10. The number of benzene rings is 1. The molecule has 0 N–H and O–H groups in total. The van der Waals surface area contributed by atoms with Crippen molar-refractivity contribution in [2.75, 3.05) is 13.6 Å². The minimum Gasteiger partial charge on any atom is -0.303 e. The highest BCUT2D eigenvalue weighted by Crippen LogP contribution is 2.20. The maximum Gasteiger partial charge on any atom is 0.00927 e. The van der Waals surface area contributed by atoms with Gasteiger partial charge in [0.2, 0.25) is 0 Å². The predicted octanol–water partition coefficient (Wildman–Crippen LogP) is 3.10. The molecular weight excluding hydrogens is 182 g/mol. The van der Waals surface area contributed by atoms with E-state index in [0.29, 0.717) is 0 Å². The molecule has 2 rings (SSSR count). The molecule has 0 amide bonds. The summed E-state index contributed by atoms with van der Waals surface area (Å²) in [6.45, 7) is 1.30. The van der Waals surface area contributed by atoms with E-state index in [4.69, 9.17) is 0 Å². The summed E-state index contributed by atoms with van der Waals surface area (Å²) in [5, 5.41) is 0. The zero-order chi connectivity index (χ0) is 10.5. The van der Waals surface area contributed by atoms with E-state index >= 15 is 0 Å². The summed E-state index contributed by atoms with van der Waals surface area (Å²) in [6.07, 6.45) is 6.74. The first-order valence-electron chi connectivity index (χ1n) is 6.10. The van der Waals surface area contributed by atoms with E-state index in [1.54, 1.807) is 0 Å². The molecule has 1 aliphatic heterocycles. The number of nitrogens with zero attached hydrogens (tertiary/aromatic N) is 1. The minimum absolute atomic E-state index is 0.855. The number of hydrogen-bond donors (Lipinski definition) is 0. The van der Waals surface area contributed by atoms with Crippen LogP contribution in [0.25, 0.3) is 0 Å². The highest BCUT2D eigenvalue weighted by Gasteiger charge is 2.19. The molecule has 1 aromatic rings. The van der Waals surface area contributed by atoms with Crippen molar-refractivity contribution in [1.82, 2.24) is 4.90 Å². The summed E-state index contributed by atoms with van der Waals surface area (Å²) < 4.78 is 0. The van der Waals surface area contributed by atoms with Gasteiger partial charge in [-0.25, -0.2) is 0 Å². The molecule has 0 spiro atoms. The second-order valence-electron chi connectivity index (χ2n) is 4.65. The van der Waals surface area contributed by atoms with Crippen molar-refractivity contribution >= 4 is 0 Å². The molecule has 15 heavy (non-hydrogen) atoms. The first kappa shape index (κ1) is 10.7. The molecule has 0 aliphatic carbocycles. The van der Waals surface area contributed by atoms with Gasteiger partial charge in [0.1, 0.15) is 0 Å². The van der Waals surface area contributed by atoms with Gasteiger partial charge in [-0.05, 0) is 51.3 Å². The van der Waals surface area contributed by atoms with E-state index in [1.807, 2.05) is 0 Å². The Labute approximate surface area is 93.1 Å². The Morgan fingerprint density at radius 2 is 2.07 bits per heavy atom. The van der Waals surface area contributed by atoms with Crippen LogP contribution in [0.15, 0.2) is 30.3 Å². The quantitative estimate of drug-likeness (QED) is 0.727. The van der Waals surface area contributed by atoms with Crippen LogP contribution in [0.1, 0.15) is 31.2 Å². The highest BCUT2D eigenvalue weighted by molar-refractivity contribution is 5.14. The third-order valence-electron chi connectivity index (χ3n) is 3.52. The van der Waals surface area contributed by atoms with Crippen LogP contribution in [-0.2, 0) is 6.42 Å². The van der Waals surface area contributed by atoms with Crippen molar-refractivity contribution in [1.29, 1.82) is 0 Å². The van der Waals surface area contributed by atoms with Crippen LogP contribution < -0.4 is 0 Å². The van der Waals surface area contributed by atoms with E-state index < -0.39 is 0 Å². The average molecular weight is 203 g/mol. The fourth-order valence-corrected chi connectivity index (χ4v) is 2.53. The fraction of sp³-hybridized carbons (Fsp3) is 0.571. The monoisotopic (exact) mass is 203 g/mol. The van der Waals surface area contributed by atoms with Crippen LogP contribution >= 0.6 is 0 Å². The zero-order valence-electron chi connectivity index (χ0n) is 9.65. The largest absolute Gasteiger partial charge is 0.303 e. The van der Waals surface area contributed by atoms with Crippen LogP contribution in [0.2, 0.25) is 0 Å². The summed E-state index contributed by atoms with van der Waals surface area (Å²) in [6, 6.07) is 11.7. The van der Waals surface area contributed by atoms with E-state index in [1.165, 1.54) is 44.2 Å². The van der Waals surface area contributed by atoms with Gasteiger partial charge in [-0.15, -0.1) is 0 Å². The van der Waals surface area contributed by atoms with E-state index in [9.17, 15) is 0 Å². The molecule has 0 bridgehead atoms. The number of likely N-dealkylation sites (tertiary alicyclic amines) is 1. The standard InChI is InChI=1S/C14H21N/c1-15-12-6-11-14(15)10-5-9-13-7-3-2-4-8-13/h2-4,7-8,14H,5-6,9-12H2,1H3/t14-/m1/s1. The molecule has 1 saturated heterocycles. The Bertz CT molecular complexity index is 281. The molecule has 1 heterocycles. The summed E-state index contributed by atoms with van der Waals surface area (Å²) in [7, 11) is 2.26. The lowest BCUT2D eigenvalue weighted by atomic mass is 10.0. The molecule has 0 radical (unpaired) electrons. The third kappa shape index (κ3) is 3.07. The Hall–Kier alpha value is -0.820. The van der Waals surface area contributed by atoms with Gasteiger partial charge in [0.15, 0.2) is 0 Å². The van der Waals surface area contributed by atoms with Crippen molar-refractivity contribution in [3.05, 3.63) is 35.9 Å². The summed E-state index contributed by atoms with van der Waals surface area (Å²) in [5.74, 6) is 0. The maximum absolute atomic E-state index is 2.52. The summed E-state index contributed by atoms with van der Waals surface area (Å²) in [4.78, 5) is 2.52. The third-order valence-corrected chi connectivity index (χ3v) is 3.52. The van der Waals surface area contributed by atoms with Crippen LogP contribution in [0, 0.1) is 0 Å². The molecule has 1 aromatic carbocycles. The van der Waals surface area contributed by atoms with Gasteiger partial charge in [0.05, 0.1) is 0 Å². The van der Waals surface area contributed by atoms with Gasteiger partial charge >= 0.3 is 0 Å².